The Labute approximate surface area is 397 Å². The van der Waals surface area contributed by atoms with Crippen LogP contribution in [0.1, 0.15) is 88.3 Å². The quantitative estimate of drug-likeness (QED) is 0.128. The van der Waals surface area contributed by atoms with Gasteiger partial charge in [0.1, 0.15) is 0 Å². The zero-order valence-corrected chi connectivity index (χ0v) is 44.5. The molecule has 2 atom stereocenters. The number of hydrogen-bond acceptors (Lipinski definition) is 4. The number of furan rings is 2. The van der Waals surface area contributed by atoms with Crippen molar-refractivity contribution in [3.63, 3.8) is 0 Å². The average Bonchev–Trinajstić information content (AvgIpc) is 4.11. The van der Waals surface area contributed by atoms with Crippen molar-refractivity contribution < 1.29 is 33.3 Å². The van der Waals surface area contributed by atoms with Crippen LogP contribution in [-0.2, 0) is 27.9 Å². The summed E-state index contributed by atoms with van der Waals surface area (Å²) in [5, 5.41) is 4.21. The van der Waals surface area contributed by atoms with Crippen LogP contribution in [0.15, 0.2) is 118 Å². The number of allylic oxidation sites excluding steroid dienone is 2. The van der Waals surface area contributed by atoms with Crippen LogP contribution >= 0.6 is 17.0 Å². The van der Waals surface area contributed by atoms with Gasteiger partial charge in [-0.15, -0.1) is 0 Å². The van der Waals surface area contributed by atoms with E-state index in [0.717, 1.165) is 102 Å². The number of benzene rings is 6. The standard InChI is InChI=1S/2C28H25O2.C2H6Si.2ClH.Zr/c2*1-5-19-10-11-20-14-23(28-24-9-7-6-8-21(24)16-30-28)15-25(20)26(19)22-12-17(2)27(29-4)18(3)13-22;1-3-2;;;/h2*6-16H,5H2,1-4H3;1-2H3;2*1H;/q;;;;;+2/p-2. The summed E-state index contributed by atoms with van der Waals surface area (Å²) in [6.45, 7) is 17.8. The van der Waals surface area contributed by atoms with E-state index >= 15 is 0 Å². The van der Waals surface area contributed by atoms with E-state index < -0.39 is 20.4 Å². The molecule has 0 N–H and O–H groups in total. The minimum absolute atomic E-state index is 0.325. The summed E-state index contributed by atoms with van der Waals surface area (Å²) >= 11 is -5.66. The molecule has 2 aromatic heterocycles. The SMILES string of the molecule is CCc1ccc2c(c1-c1cc(C)c(OC)c(C)c1)C=C(c1occ3ccccc13)[CH]2[Zr]([Cl])([Cl])([CH]1C(c2occ3ccccc23)=Cc2c1ccc(CC)c2-c1cc(C)c(OC)c(C)c1)=[Si](C)C. The van der Waals surface area contributed by atoms with Crippen LogP contribution in [0.3, 0.4) is 0 Å². The Morgan fingerprint density at radius 3 is 1.29 bits per heavy atom. The van der Waals surface area contributed by atoms with Gasteiger partial charge in [0.15, 0.2) is 0 Å². The molecule has 0 saturated carbocycles. The first-order valence-corrected chi connectivity index (χ1v) is 38.5. The predicted molar refractivity (Wildman–Crippen MR) is 277 cm³/mol. The van der Waals surface area contributed by atoms with Crippen molar-refractivity contribution in [2.75, 3.05) is 14.2 Å². The molecule has 0 aliphatic heterocycles. The summed E-state index contributed by atoms with van der Waals surface area (Å²) in [5.74, 6) is 3.49. The summed E-state index contributed by atoms with van der Waals surface area (Å²) in [6.07, 6.45) is 10.3. The Balaban J connectivity index is 1.33. The van der Waals surface area contributed by atoms with Gasteiger partial charge in [-0.1, -0.05) is 0 Å². The van der Waals surface area contributed by atoms with Crippen LogP contribution < -0.4 is 9.47 Å². The summed E-state index contributed by atoms with van der Waals surface area (Å²) < 4.78 is 24.7. The second-order valence-electron chi connectivity index (χ2n) is 18.7. The molecular formula is C58H56Cl2O4SiZr. The number of aryl methyl sites for hydroxylation is 6. The molecule has 2 unspecified atom stereocenters. The van der Waals surface area contributed by atoms with E-state index in [0.29, 0.717) is 0 Å². The van der Waals surface area contributed by atoms with Gasteiger partial charge >= 0.3 is 400 Å². The van der Waals surface area contributed by atoms with Gasteiger partial charge in [0.2, 0.25) is 0 Å². The third kappa shape index (κ3) is 6.67. The van der Waals surface area contributed by atoms with Crippen molar-refractivity contribution in [3.8, 4) is 33.8 Å². The third-order valence-electron chi connectivity index (χ3n) is 14.8. The first kappa shape index (κ1) is 45.0. The van der Waals surface area contributed by atoms with E-state index in [-0.39, 0.29) is 7.25 Å². The van der Waals surface area contributed by atoms with Gasteiger partial charge in [-0.3, -0.25) is 0 Å². The van der Waals surface area contributed by atoms with Gasteiger partial charge in [0, 0.05) is 0 Å². The maximum atomic E-state index is 9.27. The van der Waals surface area contributed by atoms with Gasteiger partial charge < -0.3 is 0 Å². The Hall–Kier alpha value is -4.84. The van der Waals surface area contributed by atoms with Crippen LogP contribution in [0.2, 0.25) is 13.1 Å². The topological polar surface area (TPSA) is 44.7 Å². The Morgan fingerprint density at radius 1 is 0.561 bits per heavy atom. The number of rotatable bonds is 10. The van der Waals surface area contributed by atoms with Crippen LogP contribution in [-0.4, -0.2) is 19.7 Å². The van der Waals surface area contributed by atoms with Crippen molar-refractivity contribution in [2.24, 2.45) is 0 Å². The molecule has 0 fully saturated rings. The molecule has 0 amide bonds. The summed E-state index contributed by atoms with van der Waals surface area (Å²) in [5.41, 5.74) is 16.9. The molecule has 2 aliphatic carbocycles. The molecule has 6 aromatic carbocycles. The zero-order valence-electron chi connectivity index (χ0n) is 39.5. The molecule has 0 saturated heterocycles. The fraction of sp³-hybridized carbons (Fsp3) is 0.241. The van der Waals surface area contributed by atoms with Crippen LogP contribution in [0.25, 0.3) is 67.1 Å². The number of hydrogen-bond donors (Lipinski definition) is 0. The molecule has 66 heavy (non-hydrogen) atoms. The third-order valence-corrected chi connectivity index (χ3v) is 61.1. The Bertz CT molecular complexity index is 3200. The van der Waals surface area contributed by atoms with E-state index in [1.54, 1.807) is 14.2 Å². The predicted octanol–water partition coefficient (Wildman–Crippen LogP) is 17.0. The molecule has 4 nitrogen and oxygen atoms in total. The van der Waals surface area contributed by atoms with E-state index in [1.807, 2.05) is 12.5 Å². The first-order valence-electron chi connectivity index (χ1n) is 23.1. The fourth-order valence-electron chi connectivity index (χ4n) is 11.8. The van der Waals surface area contributed by atoms with Gasteiger partial charge in [-0.05, 0) is 0 Å². The van der Waals surface area contributed by atoms with Gasteiger partial charge in [-0.2, -0.15) is 0 Å². The monoisotopic (exact) mass is 1000 g/mol. The van der Waals surface area contributed by atoms with E-state index in [4.69, 9.17) is 18.3 Å². The molecule has 2 aliphatic rings. The average molecular weight is 1010 g/mol. The number of ether oxygens (including phenoxy) is 2. The van der Waals surface area contributed by atoms with Crippen molar-refractivity contribution in [1.29, 1.82) is 0 Å². The molecule has 8 aromatic rings. The minimum atomic E-state index is -5.66. The van der Waals surface area contributed by atoms with Crippen molar-refractivity contribution >= 4 is 67.3 Å². The summed E-state index contributed by atoms with van der Waals surface area (Å²) in [4.78, 5) is 0. The van der Waals surface area contributed by atoms with E-state index in [9.17, 15) is 17.0 Å². The van der Waals surface area contributed by atoms with E-state index in [2.05, 4.69) is 164 Å². The van der Waals surface area contributed by atoms with E-state index in [1.165, 1.54) is 44.5 Å². The molecule has 0 bridgehead atoms. The molecule has 0 spiro atoms. The molecule has 0 radical (unpaired) electrons. The maximum absolute atomic E-state index is 9.27. The van der Waals surface area contributed by atoms with Crippen LogP contribution in [0.4, 0.5) is 0 Å². The number of fused-ring (bicyclic) bond motifs is 4. The first-order chi connectivity index (χ1) is 31.7. The second kappa shape index (κ2) is 16.7. The molecular weight excluding hydrogens is 951 g/mol. The van der Waals surface area contributed by atoms with Crippen molar-refractivity contribution in [1.82, 2.24) is 0 Å². The normalized spacial score (nSPS) is 15.8. The van der Waals surface area contributed by atoms with Gasteiger partial charge in [0.25, 0.3) is 0 Å². The summed E-state index contributed by atoms with van der Waals surface area (Å²) in [7, 11) is 22.0. The van der Waals surface area contributed by atoms with Crippen molar-refractivity contribution in [3.05, 3.63) is 177 Å². The zero-order chi connectivity index (χ0) is 46.4. The molecule has 10 rings (SSSR count). The van der Waals surface area contributed by atoms with Crippen LogP contribution in [0, 0.1) is 27.7 Å². The summed E-state index contributed by atoms with van der Waals surface area (Å²) in [6, 6.07) is 35.4. The Morgan fingerprint density at radius 2 is 0.939 bits per heavy atom. The fourth-order valence-corrected chi connectivity index (χ4v) is 39.4. The molecule has 8 heteroatoms. The van der Waals surface area contributed by atoms with Gasteiger partial charge in [-0.25, -0.2) is 0 Å². The number of methoxy groups -OCH3 is 2. The Kier molecular flexibility index (Phi) is 11.4. The molecule has 2 heterocycles. The van der Waals surface area contributed by atoms with Crippen molar-refractivity contribution in [2.45, 2.75) is 74.7 Å². The van der Waals surface area contributed by atoms with Gasteiger partial charge in [0.05, 0.1) is 0 Å². The molecule has 334 valence electrons. The van der Waals surface area contributed by atoms with Crippen LogP contribution in [0.5, 0.6) is 11.5 Å². The second-order valence-corrected chi connectivity index (χ2v) is 57.5. The number of halogens is 2.